The maximum absolute atomic E-state index is 5.89. The van der Waals surface area contributed by atoms with Gasteiger partial charge in [-0.1, -0.05) is 15.9 Å². The van der Waals surface area contributed by atoms with Gasteiger partial charge in [0.15, 0.2) is 0 Å². The standard InChI is InChI=1S/C14H22BrN3/c1-11-8-12(15)4-5-14(11)18-7-3-6-17(2)13(9-16)10-18/h4-5,8,13H,3,6-7,9-10,16H2,1-2H3. The second-order valence-electron chi connectivity index (χ2n) is 5.10. The zero-order valence-corrected chi connectivity index (χ0v) is 12.8. The molecule has 18 heavy (non-hydrogen) atoms. The molecule has 0 spiro atoms. The lowest BCUT2D eigenvalue weighted by atomic mass is 10.1. The lowest BCUT2D eigenvalue weighted by molar-refractivity contribution is 0.266. The monoisotopic (exact) mass is 311 g/mol. The maximum Gasteiger partial charge on any atom is 0.0397 e. The Morgan fingerprint density at radius 2 is 2.17 bits per heavy atom. The molecule has 0 saturated carbocycles. The molecule has 1 heterocycles. The number of nitrogens with two attached hydrogens (primary N) is 1. The van der Waals surface area contributed by atoms with Crippen molar-refractivity contribution in [1.29, 1.82) is 0 Å². The minimum Gasteiger partial charge on any atom is -0.370 e. The van der Waals surface area contributed by atoms with Crippen LogP contribution in [0.1, 0.15) is 12.0 Å². The average molecular weight is 312 g/mol. The van der Waals surface area contributed by atoms with Crippen molar-refractivity contribution in [3.63, 3.8) is 0 Å². The number of anilines is 1. The van der Waals surface area contributed by atoms with Crippen molar-refractivity contribution in [1.82, 2.24) is 4.90 Å². The third-order valence-corrected chi connectivity index (χ3v) is 4.26. The Balaban J connectivity index is 2.21. The van der Waals surface area contributed by atoms with Gasteiger partial charge < -0.3 is 15.5 Å². The smallest absolute Gasteiger partial charge is 0.0397 e. The van der Waals surface area contributed by atoms with Gasteiger partial charge in [0.05, 0.1) is 0 Å². The first-order chi connectivity index (χ1) is 8.61. The lowest BCUT2D eigenvalue weighted by Crippen LogP contribution is -2.44. The topological polar surface area (TPSA) is 32.5 Å². The van der Waals surface area contributed by atoms with E-state index in [4.69, 9.17) is 5.73 Å². The fourth-order valence-corrected chi connectivity index (χ4v) is 3.10. The van der Waals surface area contributed by atoms with E-state index in [1.807, 2.05) is 0 Å². The summed E-state index contributed by atoms with van der Waals surface area (Å²) in [7, 11) is 2.18. The van der Waals surface area contributed by atoms with E-state index in [2.05, 4.69) is 57.9 Å². The molecule has 1 unspecified atom stereocenters. The van der Waals surface area contributed by atoms with E-state index < -0.39 is 0 Å². The third kappa shape index (κ3) is 3.05. The van der Waals surface area contributed by atoms with Gasteiger partial charge >= 0.3 is 0 Å². The van der Waals surface area contributed by atoms with Crippen LogP contribution in [-0.2, 0) is 0 Å². The largest absolute Gasteiger partial charge is 0.370 e. The van der Waals surface area contributed by atoms with Crippen molar-refractivity contribution in [3.8, 4) is 0 Å². The molecular weight excluding hydrogens is 290 g/mol. The SMILES string of the molecule is Cc1cc(Br)ccc1N1CCCN(C)C(CN)C1. The molecule has 0 aliphatic carbocycles. The van der Waals surface area contributed by atoms with Gasteiger partial charge in [-0.2, -0.15) is 0 Å². The Hall–Kier alpha value is -0.580. The number of rotatable bonds is 2. The van der Waals surface area contributed by atoms with Gasteiger partial charge in [0.25, 0.3) is 0 Å². The highest BCUT2D eigenvalue weighted by molar-refractivity contribution is 9.10. The summed E-state index contributed by atoms with van der Waals surface area (Å²) in [5.74, 6) is 0. The van der Waals surface area contributed by atoms with Gasteiger partial charge in [-0.25, -0.2) is 0 Å². The van der Waals surface area contributed by atoms with Crippen molar-refractivity contribution in [2.24, 2.45) is 5.73 Å². The van der Waals surface area contributed by atoms with Gasteiger partial charge in [-0.15, -0.1) is 0 Å². The minimum absolute atomic E-state index is 0.454. The Morgan fingerprint density at radius 1 is 1.39 bits per heavy atom. The molecule has 4 heteroatoms. The van der Waals surface area contributed by atoms with Crippen molar-refractivity contribution >= 4 is 21.6 Å². The summed E-state index contributed by atoms with van der Waals surface area (Å²) >= 11 is 3.52. The van der Waals surface area contributed by atoms with Crippen molar-refractivity contribution in [3.05, 3.63) is 28.2 Å². The summed E-state index contributed by atoms with van der Waals surface area (Å²) in [4.78, 5) is 4.86. The molecule has 100 valence electrons. The number of halogens is 1. The van der Waals surface area contributed by atoms with Crippen LogP contribution in [0.4, 0.5) is 5.69 Å². The minimum atomic E-state index is 0.454. The number of hydrogen-bond acceptors (Lipinski definition) is 3. The Labute approximate surface area is 118 Å². The van der Waals surface area contributed by atoms with Crippen LogP contribution in [0.25, 0.3) is 0 Å². The van der Waals surface area contributed by atoms with Gasteiger partial charge in [-0.3, -0.25) is 0 Å². The highest BCUT2D eigenvalue weighted by Gasteiger charge is 2.22. The summed E-state index contributed by atoms with van der Waals surface area (Å²) in [5, 5.41) is 0. The first-order valence-electron chi connectivity index (χ1n) is 6.53. The highest BCUT2D eigenvalue weighted by Crippen LogP contribution is 2.25. The average Bonchev–Trinajstić information content (AvgIpc) is 2.51. The van der Waals surface area contributed by atoms with E-state index >= 15 is 0 Å². The number of nitrogens with zero attached hydrogens (tertiary/aromatic N) is 2. The number of benzene rings is 1. The molecule has 0 radical (unpaired) electrons. The quantitative estimate of drug-likeness (QED) is 0.909. The summed E-state index contributed by atoms with van der Waals surface area (Å²) in [6.07, 6.45) is 1.20. The summed E-state index contributed by atoms with van der Waals surface area (Å²) in [6.45, 7) is 6.17. The first-order valence-corrected chi connectivity index (χ1v) is 7.32. The molecule has 2 rings (SSSR count). The molecule has 2 N–H and O–H groups in total. The second-order valence-corrected chi connectivity index (χ2v) is 6.02. The van der Waals surface area contributed by atoms with Crippen molar-refractivity contribution in [2.75, 3.05) is 38.1 Å². The van der Waals surface area contributed by atoms with Crippen LogP contribution in [0.5, 0.6) is 0 Å². The van der Waals surface area contributed by atoms with Crippen LogP contribution in [0.15, 0.2) is 22.7 Å². The summed E-state index contributed by atoms with van der Waals surface area (Å²) in [6, 6.07) is 6.96. The van der Waals surface area contributed by atoms with Gasteiger partial charge in [-0.05, 0) is 50.7 Å². The fourth-order valence-electron chi connectivity index (χ4n) is 2.63. The molecule has 1 saturated heterocycles. The number of hydrogen-bond donors (Lipinski definition) is 1. The normalized spacial score (nSPS) is 22.0. The van der Waals surface area contributed by atoms with E-state index in [1.54, 1.807) is 0 Å². The molecule has 3 nitrogen and oxygen atoms in total. The lowest BCUT2D eigenvalue weighted by Gasteiger charge is -2.30. The van der Waals surface area contributed by atoms with Crippen LogP contribution < -0.4 is 10.6 Å². The molecule has 1 aliphatic heterocycles. The molecule has 0 bridgehead atoms. The Bertz CT molecular complexity index is 408. The highest BCUT2D eigenvalue weighted by atomic mass is 79.9. The fraction of sp³-hybridized carbons (Fsp3) is 0.571. The summed E-state index contributed by atoms with van der Waals surface area (Å²) < 4.78 is 1.14. The predicted octanol–water partition coefficient (Wildman–Crippen LogP) is 2.23. The molecule has 1 aromatic rings. The number of aryl methyl sites for hydroxylation is 1. The molecule has 0 amide bonds. The third-order valence-electron chi connectivity index (χ3n) is 3.76. The van der Waals surface area contributed by atoms with Gasteiger partial charge in [0, 0.05) is 35.8 Å². The van der Waals surface area contributed by atoms with Crippen LogP contribution in [0, 0.1) is 6.92 Å². The van der Waals surface area contributed by atoms with E-state index in [0.717, 1.165) is 30.7 Å². The molecular formula is C14H22BrN3. The van der Waals surface area contributed by atoms with E-state index in [0.29, 0.717) is 6.04 Å². The Kier molecular flexibility index (Phi) is 4.65. The first kappa shape index (κ1) is 13.8. The predicted molar refractivity (Wildman–Crippen MR) is 81.2 cm³/mol. The van der Waals surface area contributed by atoms with Crippen LogP contribution in [0.2, 0.25) is 0 Å². The number of likely N-dealkylation sites (N-methyl/N-ethyl adjacent to an activating group) is 1. The van der Waals surface area contributed by atoms with Crippen molar-refractivity contribution < 1.29 is 0 Å². The van der Waals surface area contributed by atoms with Crippen LogP contribution >= 0.6 is 15.9 Å². The zero-order valence-electron chi connectivity index (χ0n) is 11.2. The molecule has 1 atom stereocenters. The van der Waals surface area contributed by atoms with E-state index in [-0.39, 0.29) is 0 Å². The van der Waals surface area contributed by atoms with Crippen molar-refractivity contribution in [2.45, 2.75) is 19.4 Å². The van der Waals surface area contributed by atoms with Crippen LogP contribution in [0.3, 0.4) is 0 Å². The summed E-state index contributed by atoms with van der Waals surface area (Å²) in [5.41, 5.74) is 8.55. The zero-order chi connectivity index (χ0) is 13.1. The molecule has 1 fully saturated rings. The molecule has 1 aromatic carbocycles. The second kappa shape index (κ2) is 6.04. The van der Waals surface area contributed by atoms with E-state index in [1.165, 1.54) is 17.7 Å². The maximum atomic E-state index is 5.89. The Morgan fingerprint density at radius 3 is 2.83 bits per heavy atom. The molecule has 0 aromatic heterocycles. The van der Waals surface area contributed by atoms with Gasteiger partial charge in [0.1, 0.15) is 0 Å². The van der Waals surface area contributed by atoms with Crippen LogP contribution in [-0.4, -0.2) is 44.2 Å². The van der Waals surface area contributed by atoms with Gasteiger partial charge in [0.2, 0.25) is 0 Å². The molecule has 1 aliphatic rings. The van der Waals surface area contributed by atoms with E-state index in [9.17, 15) is 0 Å².